The molecule has 1 aromatic heterocycles. The van der Waals surface area contributed by atoms with Gasteiger partial charge in [-0.15, -0.1) is 11.3 Å². The Morgan fingerprint density at radius 2 is 2.14 bits per heavy atom. The van der Waals surface area contributed by atoms with Gasteiger partial charge in [-0.3, -0.25) is 9.79 Å². The van der Waals surface area contributed by atoms with Crippen LogP contribution in [0.15, 0.2) is 22.5 Å². The van der Waals surface area contributed by atoms with Crippen LogP contribution in [-0.2, 0) is 9.53 Å². The summed E-state index contributed by atoms with van der Waals surface area (Å²) in [5.41, 5.74) is 0. The third-order valence-electron chi connectivity index (χ3n) is 2.82. The SMILES string of the molecule is CN=C(NCCC(=O)OC(C)C)NCC(C)c1cccs1. The summed E-state index contributed by atoms with van der Waals surface area (Å²) >= 11 is 1.76. The highest BCUT2D eigenvalue weighted by Crippen LogP contribution is 2.19. The van der Waals surface area contributed by atoms with Gasteiger partial charge in [0.1, 0.15) is 0 Å². The highest BCUT2D eigenvalue weighted by Gasteiger charge is 2.08. The molecule has 1 aromatic rings. The summed E-state index contributed by atoms with van der Waals surface area (Å²) < 4.78 is 5.07. The van der Waals surface area contributed by atoms with Gasteiger partial charge in [-0.25, -0.2) is 0 Å². The monoisotopic (exact) mass is 311 g/mol. The average molecular weight is 311 g/mol. The molecule has 0 radical (unpaired) electrons. The molecule has 0 saturated heterocycles. The van der Waals surface area contributed by atoms with Gasteiger partial charge in [-0.05, 0) is 25.3 Å². The van der Waals surface area contributed by atoms with Crippen LogP contribution in [-0.4, -0.2) is 38.2 Å². The van der Waals surface area contributed by atoms with Crippen molar-refractivity contribution in [1.82, 2.24) is 10.6 Å². The summed E-state index contributed by atoms with van der Waals surface area (Å²) in [6, 6.07) is 4.19. The number of nitrogens with one attached hydrogen (secondary N) is 2. The van der Waals surface area contributed by atoms with Crippen LogP contribution in [0.4, 0.5) is 0 Å². The van der Waals surface area contributed by atoms with Crippen molar-refractivity contribution in [3.63, 3.8) is 0 Å². The maximum absolute atomic E-state index is 11.4. The molecule has 1 rings (SSSR count). The van der Waals surface area contributed by atoms with E-state index in [9.17, 15) is 4.79 Å². The van der Waals surface area contributed by atoms with E-state index < -0.39 is 0 Å². The van der Waals surface area contributed by atoms with Gasteiger partial charge in [0, 0.05) is 30.9 Å². The van der Waals surface area contributed by atoms with Crippen LogP contribution in [0.3, 0.4) is 0 Å². The molecular weight excluding hydrogens is 286 g/mol. The summed E-state index contributed by atoms with van der Waals surface area (Å²) in [6.07, 6.45) is 0.265. The molecule has 0 aliphatic rings. The second kappa shape index (κ2) is 9.39. The van der Waals surface area contributed by atoms with E-state index in [2.05, 4.69) is 40.1 Å². The third-order valence-corrected chi connectivity index (χ3v) is 3.92. The number of aliphatic imine (C=N–C) groups is 1. The Bertz CT molecular complexity index is 444. The van der Waals surface area contributed by atoms with Crippen LogP contribution in [0.5, 0.6) is 0 Å². The lowest BCUT2D eigenvalue weighted by molar-refractivity contribution is -0.147. The number of nitrogens with zero attached hydrogens (tertiary/aromatic N) is 1. The zero-order chi connectivity index (χ0) is 15.7. The van der Waals surface area contributed by atoms with E-state index in [4.69, 9.17) is 4.74 Å². The lowest BCUT2D eigenvalue weighted by atomic mass is 10.1. The molecule has 6 heteroatoms. The smallest absolute Gasteiger partial charge is 0.307 e. The molecule has 0 aliphatic carbocycles. The predicted molar refractivity (Wildman–Crippen MR) is 87.9 cm³/mol. The molecule has 118 valence electrons. The second-order valence-electron chi connectivity index (χ2n) is 5.08. The summed E-state index contributed by atoms with van der Waals surface area (Å²) in [4.78, 5) is 16.9. The van der Waals surface area contributed by atoms with Crippen LogP contribution in [0.1, 0.15) is 38.0 Å². The normalized spacial score (nSPS) is 13.1. The fourth-order valence-corrected chi connectivity index (χ4v) is 2.53. The van der Waals surface area contributed by atoms with Gasteiger partial charge in [0.2, 0.25) is 0 Å². The number of esters is 1. The predicted octanol–water partition coefficient (Wildman–Crippen LogP) is 2.36. The first-order valence-electron chi connectivity index (χ1n) is 7.20. The fourth-order valence-electron chi connectivity index (χ4n) is 1.75. The number of carbonyl (C=O) groups excluding carboxylic acids is 1. The van der Waals surface area contributed by atoms with Gasteiger partial charge in [-0.2, -0.15) is 0 Å². The molecule has 0 aromatic carbocycles. The molecule has 21 heavy (non-hydrogen) atoms. The molecule has 2 N–H and O–H groups in total. The number of hydrogen-bond acceptors (Lipinski definition) is 4. The molecule has 0 amide bonds. The number of carbonyl (C=O) groups is 1. The van der Waals surface area contributed by atoms with Gasteiger partial charge in [0.05, 0.1) is 12.5 Å². The summed E-state index contributed by atoms with van der Waals surface area (Å²) in [6.45, 7) is 7.18. The first-order chi connectivity index (χ1) is 10.0. The zero-order valence-corrected chi connectivity index (χ0v) is 14.0. The molecule has 0 bridgehead atoms. The first-order valence-corrected chi connectivity index (χ1v) is 8.08. The Kier molecular flexibility index (Phi) is 7.82. The van der Waals surface area contributed by atoms with Gasteiger partial charge < -0.3 is 15.4 Å². The summed E-state index contributed by atoms with van der Waals surface area (Å²) in [5.74, 6) is 0.935. The maximum atomic E-state index is 11.4. The molecule has 0 aliphatic heterocycles. The third kappa shape index (κ3) is 7.13. The van der Waals surface area contributed by atoms with E-state index in [1.165, 1.54) is 4.88 Å². The molecule has 0 saturated carbocycles. The quantitative estimate of drug-likeness (QED) is 0.461. The lowest BCUT2D eigenvalue weighted by Crippen LogP contribution is -2.40. The van der Waals surface area contributed by atoms with Gasteiger partial charge in [0.25, 0.3) is 0 Å². The van der Waals surface area contributed by atoms with E-state index in [0.29, 0.717) is 24.8 Å². The Hall–Kier alpha value is -1.56. The number of hydrogen-bond donors (Lipinski definition) is 2. The Morgan fingerprint density at radius 3 is 2.71 bits per heavy atom. The standard InChI is InChI=1S/C15H25N3O2S/c1-11(2)20-14(19)7-8-17-15(16-4)18-10-12(3)13-6-5-9-21-13/h5-6,9,11-12H,7-8,10H2,1-4H3,(H2,16,17,18). The molecular formula is C15H25N3O2S. The van der Waals surface area contributed by atoms with Crippen molar-refractivity contribution in [1.29, 1.82) is 0 Å². The lowest BCUT2D eigenvalue weighted by Gasteiger charge is -2.15. The molecule has 1 atom stereocenters. The van der Waals surface area contributed by atoms with Gasteiger partial charge in [0.15, 0.2) is 5.96 Å². The minimum Gasteiger partial charge on any atom is -0.463 e. The number of ether oxygens (including phenoxy) is 1. The van der Waals surface area contributed by atoms with E-state index in [1.54, 1.807) is 18.4 Å². The first kappa shape index (κ1) is 17.5. The Labute approximate surface area is 130 Å². The summed E-state index contributed by atoms with van der Waals surface area (Å²) in [5, 5.41) is 8.46. The number of guanidine groups is 1. The van der Waals surface area contributed by atoms with Crippen molar-refractivity contribution < 1.29 is 9.53 Å². The maximum Gasteiger partial charge on any atom is 0.307 e. The van der Waals surface area contributed by atoms with E-state index in [-0.39, 0.29) is 12.1 Å². The minimum absolute atomic E-state index is 0.0680. The van der Waals surface area contributed by atoms with Crippen molar-refractivity contribution >= 4 is 23.3 Å². The topological polar surface area (TPSA) is 62.7 Å². The number of thiophene rings is 1. The van der Waals surface area contributed by atoms with E-state index in [1.807, 2.05) is 13.8 Å². The fraction of sp³-hybridized carbons (Fsp3) is 0.600. The van der Waals surface area contributed by atoms with Crippen molar-refractivity contribution in [3.05, 3.63) is 22.4 Å². The second-order valence-corrected chi connectivity index (χ2v) is 6.06. The molecule has 1 heterocycles. The van der Waals surface area contributed by atoms with Crippen molar-refractivity contribution in [2.75, 3.05) is 20.1 Å². The van der Waals surface area contributed by atoms with Gasteiger partial charge in [-0.1, -0.05) is 13.0 Å². The number of rotatable bonds is 7. The molecule has 0 spiro atoms. The van der Waals surface area contributed by atoms with E-state index >= 15 is 0 Å². The average Bonchev–Trinajstić information content (AvgIpc) is 2.95. The van der Waals surface area contributed by atoms with Crippen molar-refractivity contribution in [2.24, 2.45) is 4.99 Å². The summed E-state index contributed by atoms with van der Waals surface area (Å²) in [7, 11) is 1.72. The van der Waals surface area contributed by atoms with Crippen LogP contribution < -0.4 is 10.6 Å². The molecule has 1 unspecified atom stereocenters. The molecule has 5 nitrogen and oxygen atoms in total. The minimum atomic E-state index is -0.195. The van der Waals surface area contributed by atoms with Crippen LogP contribution in [0.25, 0.3) is 0 Å². The Balaban J connectivity index is 2.25. The Morgan fingerprint density at radius 1 is 1.38 bits per heavy atom. The van der Waals surface area contributed by atoms with Crippen molar-refractivity contribution in [2.45, 2.75) is 39.2 Å². The molecule has 0 fully saturated rings. The van der Waals surface area contributed by atoms with Crippen LogP contribution >= 0.6 is 11.3 Å². The van der Waals surface area contributed by atoms with E-state index in [0.717, 1.165) is 6.54 Å². The van der Waals surface area contributed by atoms with Crippen LogP contribution in [0, 0.1) is 0 Å². The highest BCUT2D eigenvalue weighted by atomic mass is 32.1. The van der Waals surface area contributed by atoms with Gasteiger partial charge >= 0.3 is 5.97 Å². The van der Waals surface area contributed by atoms with Crippen LogP contribution in [0.2, 0.25) is 0 Å². The highest BCUT2D eigenvalue weighted by molar-refractivity contribution is 7.10. The zero-order valence-electron chi connectivity index (χ0n) is 13.2. The van der Waals surface area contributed by atoms with Crippen molar-refractivity contribution in [3.8, 4) is 0 Å². The largest absolute Gasteiger partial charge is 0.463 e.